The Morgan fingerprint density at radius 1 is 0.825 bits per heavy atom. The van der Waals surface area contributed by atoms with E-state index in [1.54, 1.807) is 19.6 Å². The fourth-order valence-corrected chi connectivity index (χ4v) is 9.39. The second-order valence-electron chi connectivity index (χ2n) is 9.13. The lowest BCUT2D eigenvalue weighted by atomic mass is 9.76. The van der Waals surface area contributed by atoms with Gasteiger partial charge in [-0.1, -0.05) is 91.0 Å². The van der Waals surface area contributed by atoms with Crippen LogP contribution >= 0.6 is 6.89 Å². The smallest absolute Gasteiger partial charge is 0.341 e. The molecule has 1 unspecified atom stereocenters. The Balaban J connectivity index is 2.00. The first-order chi connectivity index (χ1) is 19.5. The molecule has 204 valence electrons. The van der Waals surface area contributed by atoms with Crippen molar-refractivity contribution < 1.29 is 33.0 Å². The molecule has 0 amide bonds. The minimum absolute atomic E-state index is 0.00724. The minimum Gasteiger partial charge on any atom is -0.465 e. The number of benzene rings is 3. The van der Waals surface area contributed by atoms with Crippen molar-refractivity contribution in [3.8, 4) is 5.95 Å². The van der Waals surface area contributed by atoms with Crippen LogP contribution < -0.4 is 20.7 Å². The lowest BCUT2D eigenvalue weighted by Crippen LogP contribution is -2.53. The number of carbonyl (C=O) groups is 3. The predicted molar refractivity (Wildman–Crippen MR) is 155 cm³/mol. The molecule has 1 aromatic heterocycles. The van der Waals surface area contributed by atoms with Gasteiger partial charge >= 0.3 is 11.9 Å². The van der Waals surface area contributed by atoms with Crippen molar-refractivity contribution in [1.82, 2.24) is 0 Å². The van der Waals surface area contributed by atoms with Crippen molar-refractivity contribution in [3.05, 3.63) is 108 Å². The quantitative estimate of drug-likeness (QED) is 0.184. The zero-order valence-electron chi connectivity index (χ0n) is 22.2. The van der Waals surface area contributed by atoms with Crippen LogP contribution in [0, 0.1) is 0 Å². The van der Waals surface area contributed by atoms with Gasteiger partial charge in [-0.3, -0.25) is 9.59 Å². The monoisotopic (exact) mass is 556 g/mol. The second-order valence-corrected chi connectivity index (χ2v) is 12.4. The number of carbonyl (C=O) groups excluding carboxylic acids is 3. The molecule has 4 aromatic rings. The summed E-state index contributed by atoms with van der Waals surface area (Å²) in [6, 6.07) is 29.3. The van der Waals surface area contributed by atoms with Crippen LogP contribution in [-0.4, -0.2) is 43.3 Å². The predicted octanol–water partition coefficient (Wildman–Crippen LogP) is 4.02. The highest BCUT2D eigenvalue weighted by atomic mass is 31.2. The number of esters is 2. The molecule has 0 saturated heterocycles. The maximum atomic E-state index is 14.2. The molecule has 40 heavy (non-hydrogen) atoms. The average Bonchev–Trinajstić information content (AvgIpc) is 3.44. The molecule has 1 atom stereocenters. The van der Waals surface area contributed by atoms with Crippen LogP contribution in [0.4, 0.5) is 0 Å². The first-order valence-corrected chi connectivity index (χ1v) is 14.9. The average molecular weight is 557 g/mol. The second kappa shape index (κ2) is 11.4. The summed E-state index contributed by atoms with van der Waals surface area (Å²) >= 11 is 0. The van der Waals surface area contributed by atoms with Crippen LogP contribution in [0.5, 0.6) is 5.95 Å². The molecule has 8 heteroatoms. The van der Waals surface area contributed by atoms with Gasteiger partial charge in [0, 0.05) is 0 Å². The Bertz CT molecular complexity index is 1470. The topological polar surface area (TPSA) is 92.0 Å². The number of ether oxygens (including phenoxy) is 3. The molecule has 0 saturated carbocycles. The van der Waals surface area contributed by atoms with E-state index in [1.165, 1.54) is 6.26 Å². The SMILES string of the molecule is CCOC(=O)c1coc2c1C(C=P(c1ccccc1)(c1ccccc1)c1ccccc1)(C(=O)OCC)C(=O)CO2. The van der Waals surface area contributed by atoms with Gasteiger partial charge in [0.1, 0.15) is 11.8 Å². The van der Waals surface area contributed by atoms with E-state index in [0.29, 0.717) is 0 Å². The third-order valence-electron chi connectivity index (χ3n) is 6.90. The van der Waals surface area contributed by atoms with E-state index >= 15 is 0 Å². The Kier molecular flexibility index (Phi) is 7.76. The highest BCUT2D eigenvalue weighted by Gasteiger charge is 2.57. The van der Waals surface area contributed by atoms with Crippen molar-refractivity contribution in [3.63, 3.8) is 0 Å². The van der Waals surface area contributed by atoms with Gasteiger partial charge in [0.25, 0.3) is 5.95 Å². The summed E-state index contributed by atoms with van der Waals surface area (Å²) in [5.41, 5.74) is -2.07. The molecule has 1 aliphatic rings. The lowest BCUT2D eigenvalue weighted by Gasteiger charge is -2.36. The van der Waals surface area contributed by atoms with Crippen LogP contribution in [0.25, 0.3) is 0 Å². The Labute approximate surface area is 232 Å². The molecule has 7 nitrogen and oxygen atoms in total. The van der Waals surface area contributed by atoms with E-state index in [-0.39, 0.29) is 30.3 Å². The number of hydrogen-bond acceptors (Lipinski definition) is 7. The molecule has 0 fully saturated rings. The van der Waals surface area contributed by atoms with Crippen molar-refractivity contribution in [1.29, 1.82) is 0 Å². The molecule has 0 bridgehead atoms. The van der Waals surface area contributed by atoms with Gasteiger partial charge in [-0.15, -0.1) is 0 Å². The number of ketones is 1. The van der Waals surface area contributed by atoms with Crippen LogP contribution in [-0.2, 0) is 24.5 Å². The first kappa shape index (κ1) is 27.2. The molecule has 5 rings (SSSR count). The van der Waals surface area contributed by atoms with Crippen molar-refractivity contribution in [2.75, 3.05) is 19.8 Å². The number of Topliss-reactive ketones (excluding diaryl/α,β-unsaturated/α-hetero) is 1. The van der Waals surface area contributed by atoms with Gasteiger partial charge in [0.15, 0.2) is 17.8 Å². The van der Waals surface area contributed by atoms with Gasteiger partial charge < -0.3 is 18.6 Å². The molecule has 3 aromatic carbocycles. The standard InChI is InChI=1S/C32H29O7P/c1-3-36-29(34)26-20-38-30-28(26)32(27(33)21-39-30,31(35)37-4-2)22-40(23-14-8-5-9-15-23,24-16-10-6-11-17-24)25-18-12-7-13-19-25/h5-20,22H,3-4,21H2,1-2H3. The van der Waals surface area contributed by atoms with Gasteiger partial charge in [0.2, 0.25) is 0 Å². The minimum atomic E-state index is -2.89. The Morgan fingerprint density at radius 3 is 1.80 bits per heavy atom. The molecule has 0 radical (unpaired) electrons. The maximum absolute atomic E-state index is 14.2. The number of fused-ring (bicyclic) bond motifs is 1. The number of furan rings is 1. The van der Waals surface area contributed by atoms with Gasteiger partial charge in [-0.05, 0) is 42.4 Å². The zero-order chi connectivity index (χ0) is 28.2. The highest BCUT2D eigenvalue weighted by Crippen LogP contribution is 2.50. The van der Waals surface area contributed by atoms with E-state index in [4.69, 9.17) is 18.6 Å². The van der Waals surface area contributed by atoms with Crippen LogP contribution in [0.15, 0.2) is 102 Å². The molecule has 2 heterocycles. The highest BCUT2D eigenvalue weighted by molar-refractivity contribution is 7.94. The molecule has 0 N–H and O–H groups in total. The summed E-state index contributed by atoms with van der Waals surface area (Å²) in [6.45, 7) is 0.140. The number of hydrogen-bond donors (Lipinski definition) is 0. The van der Waals surface area contributed by atoms with Crippen molar-refractivity contribution in [2.24, 2.45) is 0 Å². The molecule has 0 aliphatic carbocycles. The molecular weight excluding hydrogens is 527 g/mol. The van der Waals surface area contributed by atoms with E-state index in [9.17, 15) is 14.4 Å². The molecule has 1 aliphatic heterocycles. The summed E-state index contributed by atoms with van der Waals surface area (Å²) in [6.07, 6.45) is 1.18. The van der Waals surface area contributed by atoms with Crippen LogP contribution in [0.3, 0.4) is 0 Å². The van der Waals surface area contributed by atoms with Gasteiger partial charge in [-0.25, -0.2) is 4.79 Å². The van der Waals surface area contributed by atoms with E-state index in [0.717, 1.165) is 15.9 Å². The Hall–Kier alpha value is -4.35. The fraction of sp³-hybridized carbons (Fsp3) is 0.188. The van der Waals surface area contributed by atoms with Gasteiger partial charge in [0.05, 0.1) is 18.8 Å². The van der Waals surface area contributed by atoms with Crippen molar-refractivity contribution in [2.45, 2.75) is 19.3 Å². The lowest BCUT2D eigenvalue weighted by molar-refractivity contribution is -0.152. The van der Waals surface area contributed by atoms with Crippen LogP contribution in [0.2, 0.25) is 0 Å². The summed E-state index contributed by atoms with van der Waals surface area (Å²) in [4.78, 5) is 41.5. The largest absolute Gasteiger partial charge is 0.465 e. The normalized spacial score (nSPS) is 16.4. The van der Waals surface area contributed by atoms with Gasteiger partial charge in [-0.2, -0.15) is 0 Å². The summed E-state index contributed by atoms with van der Waals surface area (Å²) in [5, 5.41) is 2.74. The van der Waals surface area contributed by atoms with Crippen LogP contribution in [0.1, 0.15) is 29.8 Å². The fourth-order valence-electron chi connectivity index (χ4n) is 5.16. The maximum Gasteiger partial charge on any atom is 0.341 e. The third kappa shape index (κ3) is 4.46. The van der Waals surface area contributed by atoms with E-state index < -0.39 is 36.6 Å². The van der Waals surface area contributed by atoms with Crippen molar-refractivity contribution >= 4 is 46.3 Å². The summed E-state index contributed by atoms with van der Waals surface area (Å²) < 4.78 is 22.1. The molecular formula is C32H29O7P. The third-order valence-corrected chi connectivity index (χ3v) is 11.0. The number of rotatable bonds is 8. The van der Waals surface area contributed by atoms with E-state index in [2.05, 4.69) is 0 Å². The summed E-state index contributed by atoms with van der Waals surface area (Å²) in [5.74, 6) is -0.365. The van der Waals surface area contributed by atoms with E-state index in [1.807, 2.05) is 91.0 Å². The zero-order valence-corrected chi connectivity index (χ0v) is 23.1. The summed E-state index contributed by atoms with van der Waals surface area (Å²) in [7, 11) is 0. The molecule has 0 spiro atoms. The first-order valence-electron chi connectivity index (χ1n) is 13.0. The Morgan fingerprint density at radius 2 is 1.32 bits per heavy atom.